The maximum Gasteiger partial charge on any atom is 0.312 e. The average Bonchev–Trinajstić information content (AvgIpc) is 2.34. The Morgan fingerprint density at radius 1 is 1.22 bits per heavy atom. The maximum absolute atomic E-state index is 10.5. The van der Waals surface area contributed by atoms with Crippen LogP contribution in [0.15, 0.2) is 12.1 Å². The number of benzene rings is 1. The number of urea groups is 1. The Kier molecular flexibility index (Phi) is 3.61. The van der Waals surface area contributed by atoms with Crippen molar-refractivity contribution in [2.24, 2.45) is 5.73 Å². The van der Waals surface area contributed by atoms with Crippen molar-refractivity contribution in [3.8, 4) is 11.5 Å². The molecule has 6 N–H and O–H groups in total. The number of anilines is 2. The van der Waals surface area contributed by atoms with Crippen LogP contribution in [0.3, 0.4) is 0 Å². The van der Waals surface area contributed by atoms with Gasteiger partial charge < -0.3 is 31.6 Å². The van der Waals surface area contributed by atoms with Gasteiger partial charge in [-0.2, -0.15) is 0 Å². The average molecular weight is 252 g/mol. The van der Waals surface area contributed by atoms with Crippen molar-refractivity contribution in [3.05, 3.63) is 12.1 Å². The molecule has 0 aliphatic carbocycles. The van der Waals surface area contributed by atoms with Crippen molar-refractivity contribution in [3.63, 3.8) is 0 Å². The second-order valence-electron chi connectivity index (χ2n) is 3.80. The minimum Gasteiger partial charge on any atom is -0.486 e. The molecule has 0 radical (unpaired) electrons. The van der Waals surface area contributed by atoms with E-state index in [0.717, 1.165) is 5.69 Å². The monoisotopic (exact) mass is 252 g/mol. The number of carbonyl (C=O) groups excluding carboxylic acids is 1. The summed E-state index contributed by atoms with van der Waals surface area (Å²) in [5.74, 6) is 1.32. The summed E-state index contributed by atoms with van der Waals surface area (Å²) in [5.41, 5.74) is 12.1. The minimum atomic E-state index is -0.549. The second kappa shape index (κ2) is 5.35. The molecule has 0 saturated carbocycles. The van der Waals surface area contributed by atoms with Crippen LogP contribution in [-0.2, 0) is 0 Å². The quantitative estimate of drug-likeness (QED) is 0.449. The predicted octanol–water partition coefficient (Wildman–Crippen LogP) is 0.120. The molecular formula is C11H16N4O3. The molecule has 1 heterocycles. The molecule has 1 aromatic rings. The molecule has 1 aliphatic rings. The van der Waals surface area contributed by atoms with E-state index in [1.54, 1.807) is 12.1 Å². The lowest BCUT2D eigenvalue weighted by atomic mass is 10.2. The van der Waals surface area contributed by atoms with E-state index < -0.39 is 6.03 Å². The number of ether oxygens (including phenoxy) is 2. The molecule has 2 rings (SSSR count). The summed E-state index contributed by atoms with van der Waals surface area (Å²) >= 11 is 0. The molecule has 1 aromatic carbocycles. The first kappa shape index (κ1) is 12.2. The van der Waals surface area contributed by atoms with Crippen LogP contribution in [0, 0.1) is 0 Å². The molecule has 0 spiro atoms. The number of nitrogens with one attached hydrogen (secondary N) is 2. The predicted molar refractivity (Wildman–Crippen MR) is 67.9 cm³/mol. The maximum atomic E-state index is 10.5. The lowest BCUT2D eigenvalue weighted by Gasteiger charge is -2.20. The van der Waals surface area contributed by atoms with Gasteiger partial charge in [-0.15, -0.1) is 0 Å². The Morgan fingerprint density at radius 3 is 2.56 bits per heavy atom. The highest BCUT2D eigenvalue weighted by molar-refractivity contribution is 5.73. The van der Waals surface area contributed by atoms with E-state index in [4.69, 9.17) is 20.9 Å². The number of hydrogen-bond acceptors (Lipinski definition) is 5. The fourth-order valence-corrected chi connectivity index (χ4v) is 1.64. The van der Waals surface area contributed by atoms with Gasteiger partial charge in [0.1, 0.15) is 13.2 Å². The van der Waals surface area contributed by atoms with Crippen LogP contribution in [-0.4, -0.2) is 32.3 Å². The van der Waals surface area contributed by atoms with Crippen molar-refractivity contribution >= 4 is 17.4 Å². The van der Waals surface area contributed by atoms with E-state index in [9.17, 15) is 4.79 Å². The molecule has 98 valence electrons. The van der Waals surface area contributed by atoms with Crippen LogP contribution in [0.25, 0.3) is 0 Å². The van der Waals surface area contributed by atoms with Crippen LogP contribution in [0.4, 0.5) is 16.2 Å². The van der Waals surface area contributed by atoms with Gasteiger partial charge in [0.25, 0.3) is 0 Å². The van der Waals surface area contributed by atoms with Gasteiger partial charge in [-0.25, -0.2) is 4.79 Å². The SMILES string of the molecule is NC(=O)NCCNc1cc2c(cc1N)OCCO2. The summed E-state index contributed by atoms with van der Waals surface area (Å²) < 4.78 is 10.9. The van der Waals surface area contributed by atoms with Gasteiger partial charge in [-0.05, 0) is 0 Å². The van der Waals surface area contributed by atoms with Gasteiger partial charge in [0.2, 0.25) is 0 Å². The Bertz CT molecular complexity index is 450. The van der Waals surface area contributed by atoms with Gasteiger partial charge in [-0.1, -0.05) is 0 Å². The van der Waals surface area contributed by atoms with Crippen molar-refractivity contribution in [1.82, 2.24) is 5.32 Å². The molecule has 0 atom stereocenters. The highest BCUT2D eigenvalue weighted by atomic mass is 16.6. The number of nitrogen functional groups attached to an aromatic ring is 1. The zero-order valence-corrected chi connectivity index (χ0v) is 9.86. The van der Waals surface area contributed by atoms with Gasteiger partial charge in [0.15, 0.2) is 11.5 Å². The van der Waals surface area contributed by atoms with E-state index in [0.29, 0.717) is 43.5 Å². The minimum absolute atomic E-state index is 0.420. The molecule has 7 heteroatoms. The van der Waals surface area contributed by atoms with Crippen molar-refractivity contribution in [2.75, 3.05) is 37.4 Å². The Balaban J connectivity index is 1.97. The zero-order valence-electron chi connectivity index (χ0n) is 9.86. The largest absolute Gasteiger partial charge is 0.486 e. The molecule has 0 fully saturated rings. The third-order valence-electron chi connectivity index (χ3n) is 2.45. The molecule has 2 amide bonds. The summed E-state index contributed by atoms with van der Waals surface area (Å²) in [6.45, 7) is 2.00. The number of primary amides is 1. The van der Waals surface area contributed by atoms with E-state index in [2.05, 4.69) is 10.6 Å². The molecule has 0 bridgehead atoms. The van der Waals surface area contributed by atoms with Gasteiger partial charge in [0.05, 0.1) is 11.4 Å². The van der Waals surface area contributed by atoms with E-state index in [1.165, 1.54) is 0 Å². The molecular weight excluding hydrogens is 236 g/mol. The van der Waals surface area contributed by atoms with Gasteiger partial charge >= 0.3 is 6.03 Å². The van der Waals surface area contributed by atoms with Crippen molar-refractivity contribution in [1.29, 1.82) is 0 Å². The summed E-state index contributed by atoms with van der Waals surface area (Å²) in [4.78, 5) is 10.5. The normalized spacial score (nSPS) is 12.9. The van der Waals surface area contributed by atoms with Crippen molar-refractivity contribution in [2.45, 2.75) is 0 Å². The zero-order chi connectivity index (χ0) is 13.0. The first-order valence-electron chi connectivity index (χ1n) is 5.63. The standard InChI is InChI=1S/C11H16N4O3/c12-7-5-9-10(18-4-3-17-9)6-8(7)14-1-2-15-11(13)16/h5-6,14H,1-4,12H2,(H3,13,15,16). The lowest BCUT2D eigenvalue weighted by molar-refractivity contribution is 0.172. The third kappa shape index (κ3) is 2.88. The van der Waals surface area contributed by atoms with E-state index in [1.807, 2.05) is 0 Å². The summed E-state index contributed by atoms with van der Waals surface area (Å²) in [6, 6.07) is 2.96. The Labute approximate surface area is 104 Å². The van der Waals surface area contributed by atoms with Gasteiger partial charge in [-0.3, -0.25) is 0 Å². The number of carbonyl (C=O) groups is 1. The molecule has 0 saturated heterocycles. The molecule has 7 nitrogen and oxygen atoms in total. The molecule has 0 aromatic heterocycles. The van der Waals surface area contributed by atoms with E-state index in [-0.39, 0.29) is 0 Å². The fraction of sp³-hybridized carbons (Fsp3) is 0.364. The summed E-state index contributed by atoms with van der Waals surface area (Å²) in [5, 5.41) is 5.56. The summed E-state index contributed by atoms with van der Waals surface area (Å²) in [7, 11) is 0. The smallest absolute Gasteiger partial charge is 0.312 e. The Morgan fingerprint density at radius 2 is 1.89 bits per heavy atom. The Hall–Kier alpha value is -2.31. The number of rotatable bonds is 4. The highest BCUT2D eigenvalue weighted by Crippen LogP contribution is 2.36. The second-order valence-corrected chi connectivity index (χ2v) is 3.80. The summed E-state index contributed by atoms with van der Waals surface area (Å²) in [6.07, 6.45) is 0. The van der Waals surface area contributed by atoms with E-state index >= 15 is 0 Å². The van der Waals surface area contributed by atoms with Crippen LogP contribution in [0.2, 0.25) is 0 Å². The highest BCUT2D eigenvalue weighted by Gasteiger charge is 2.14. The first-order valence-corrected chi connectivity index (χ1v) is 5.63. The van der Waals surface area contributed by atoms with Crippen molar-refractivity contribution < 1.29 is 14.3 Å². The molecule has 0 unspecified atom stereocenters. The van der Waals surface area contributed by atoms with Gasteiger partial charge in [0, 0.05) is 25.2 Å². The third-order valence-corrected chi connectivity index (χ3v) is 2.45. The fourth-order valence-electron chi connectivity index (χ4n) is 1.64. The number of hydrogen-bond donors (Lipinski definition) is 4. The number of nitrogens with two attached hydrogens (primary N) is 2. The topological polar surface area (TPSA) is 112 Å². The van der Waals surface area contributed by atoms with Crippen LogP contribution < -0.4 is 31.6 Å². The first-order chi connectivity index (χ1) is 8.66. The molecule has 1 aliphatic heterocycles. The van der Waals surface area contributed by atoms with Crippen LogP contribution in [0.1, 0.15) is 0 Å². The molecule has 18 heavy (non-hydrogen) atoms. The number of amides is 2. The van der Waals surface area contributed by atoms with Crippen LogP contribution in [0.5, 0.6) is 11.5 Å². The van der Waals surface area contributed by atoms with Crippen LogP contribution >= 0.6 is 0 Å². The lowest BCUT2D eigenvalue weighted by Crippen LogP contribution is -2.33. The number of fused-ring (bicyclic) bond motifs is 1.